The van der Waals surface area contributed by atoms with Gasteiger partial charge in [-0.2, -0.15) is 0 Å². The summed E-state index contributed by atoms with van der Waals surface area (Å²) in [5.74, 6) is 0. The Labute approximate surface area is 57.5 Å². The normalized spacial score (nSPS) is 5.71. The predicted molar refractivity (Wildman–Crippen MR) is 27.0 cm³/mol. The van der Waals surface area contributed by atoms with Crippen molar-refractivity contribution in [2.45, 2.75) is 0 Å². The topological polar surface area (TPSA) is 38.0 Å². The van der Waals surface area contributed by atoms with Crippen molar-refractivity contribution in [2.75, 3.05) is 13.1 Å². The van der Waals surface area contributed by atoms with Crippen LogP contribution in [0.5, 0.6) is 0 Å². The van der Waals surface area contributed by atoms with E-state index in [9.17, 15) is 0 Å². The third-order valence-electron chi connectivity index (χ3n) is 0.371. The molecule has 0 bridgehead atoms. The van der Waals surface area contributed by atoms with E-state index in [0.29, 0.717) is 13.1 Å². The fourth-order valence-electron chi connectivity index (χ4n) is 0.144. The average molecular weight is 92.1 g/mol. The molecule has 0 aliphatic heterocycles. The van der Waals surface area contributed by atoms with Crippen LogP contribution in [0.15, 0.2) is 0 Å². The Morgan fingerprint density at radius 2 is 2.43 bits per heavy atom. The van der Waals surface area contributed by atoms with Crippen molar-refractivity contribution in [3.63, 3.8) is 0 Å². The van der Waals surface area contributed by atoms with Gasteiger partial charge in [-0.3, -0.25) is 0 Å². The van der Waals surface area contributed by atoms with Gasteiger partial charge in [-0.1, -0.05) is 6.42 Å². The average Bonchev–Trinajstić information content (AvgIpc) is 1.61. The van der Waals surface area contributed by atoms with E-state index >= 15 is 0 Å². The second-order valence-electron chi connectivity index (χ2n) is 0.860. The predicted octanol–water partition coefficient (Wildman–Crippen LogP) is -3.76. The van der Waals surface area contributed by atoms with Crippen LogP contribution in [0.3, 0.4) is 0 Å². The summed E-state index contributed by atoms with van der Waals surface area (Å²) in [4.78, 5) is 0. The Morgan fingerprint density at radius 3 is 2.57 bits per heavy atom. The van der Waals surface area contributed by atoms with Gasteiger partial charge in [0.05, 0.1) is 0 Å². The molecular formula is C4H9LiN2. The molecule has 0 radical (unpaired) electrons. The molecule has 0 saturated carbocycles. The van der Waals surface area contributed by atoms with Crippen molar-refractivity contribution >= 4 is 0 Å². The zero-order valence-corrected chi connectivity index (χ0v) is 4.57. The monoisotopic (exact) mass is 92.1 g/mol. The molecule has 3 N–H and O–H groups in total. The minimum absolute atomic E-state index is 0. The summed E-state index contributed by atoms with van der Waals surface area (Å²) >= 11 is 0. The number of hydrogen-bond donors (Lipinski definition) is 2. The zero-order valence-electron chi connectivity index (χ0n) is 5.57. The van der Waals surface area contributed by atoms with Crippen LogP contribution in [0, 0.1) is 12.5 Å². The van der Waals surface area contributed by atoms with Crippen molar-refractivity contribution in [1.82, 2.24) is 5.32 Å². The molecule has 36 valence electrons. The summed E-state index contributed by atoms with van der Waals surface area (Å²) in [5, 5.41) is 2.60. The summed E-state index contributed by atoms with van der Waals surface area (Å²) < 4.78 is 0. The van der Waals surface area contributed by atoms with Gasteiger partial charge in [-0.25, -0.2) is 0 Å². The molecule has 0 aromatic rings. The second-order valence-corrected chi connectivity index (χ2v) is 0.860. The van der Waals surface area contributed by atoms with E-state index in [0.717, 1.165) is 0 Å². The second kappa shape index (κ2) is 9.32. The van der Waals surface area contributed by atoms with Crippen molar-refractivity contribution in [3.8, 4) is 12.5 Å². The van der Waals surface area contributed by atoms with Crippen LogP contribution in [0.2, 0.25) is 0 Å². The van der Waals surface area contributed by atoms with E-state index in [4.69, 9.17) is 12.2 Å². The molecule has 0 atom stereocenters. The van der Waals surface area contributed by atoms with Crippen molar-refractivity contribution < 1.29 is 20.3 Å². The number of rotatable bonds is 2. The van der Waals surface area contributed by atoms with Gasteiger partial charge in [-0.15, -0.1) is 0 Å². The van der Waals surface area contributed by atoms with Crippen LogP contribution >= 0.6 is 0 Å². The Bertz CT molecular complexity index is 61.5. The Balaban J connectivity index is -0.000000125. The molecule has 0 unspecified atom stereocenters. The molecule has 0 spiro atoms. The van der Waals surface area contributed by atoms with E-state index in [1.54, 1.807) is 0 Å². The van der Waals surface area contributed by atoms with Crippen molar-refractivity contribution in [3.05, 3.63) is 0 Å². The maximum Gasteiger partial charge on any atom is 1.00 e. The molecule has 7 heavy (non-hydrogen) atoms. The van der Waals surface area contributed by atoms with Crippen molar-refractivity contribution in [2.24, 2.45) is 5.73 Å². The molecule has 0 aromatic carbocycles. The maximum absolute atomic E-state index is 5.06. The van der Waals surface area contributed by atoms with Gasteiger partial charge in [0.15, 0.2) is 0 Å². The number of terminal acetylenes is 1. The van der Waals surface area contributed by atoms with Crippen molar-refractivity contribution in [1.29, 1.82) is 0 Å². The zero-order chi connectivity index (χ0) is 4.83. The van der Waals surface area contributed by atoms with E-state index in [-0.39, 0.29) is 20.3 Å². The van der Waals surface area contributed by atoms with Gasteiger partial charge < -0.3 is 12.5 Å². The van der Waals surface area contributed by atoms with Gasteiger partial charge >= 0.3 is 18.9 Å². The Morgan fingerprint density at radius 1 is 1.86 bits per heavy atom. The van der Waals surface area contributed by atoms with E-state index in [1.807, 2.05) is 0 Å². The first-order chi connectivity index (χ1) is 2.91. The van der Waals surface area contributed by atoms with Crippen LogP contribution in [-0.2, 0) is 0 Å². The van der Waals surface area contributed by atoms with E-state index < -0.39 is 0 Å². The molecule has 0 heterocycles. The summed E-state index contributed by atoms with van der Waals surface area (Å²) in [7, 11) is 0. The molecule has 0 aromatic heterocycles. The first-order valence-corrected chi connectivity index (χ1v) is 1.80. The van der Waals surface area contributed by atoms with Crippen LogP contribution in [0.4, 0.5) is 0 Å². The van der Waals surface area contributed by atoms with Gasteiger partial charge in [0.1, 0.15) is 0 Å². The fraction of sp³-hybridized carbons (Fsp3) is 0.500. The molecule has 3 heteroatoms. The quantitative estimate of drug-likeness (QED) is 0.159. The minimum atomic E-state index is 0. The molecular weight excluding hydrogens is 83.0 g/mol. The third-order valence-corrected chi connectivity index (χ3v) is 0.371. The Kier molecular flexibility index (Phi) is 13.3. The molecule has 0 saturated heterocycles. The van der Waals surface area contributed by atoms with Crippen LogP contribution in [-0.4, -0.2) is 13.1 Å². The van der Waals surface area contributed by atoms with Crippen LogP contribution in [0.1, 0.15) is 1.43 Å². The van der Waals surface area contributed by atoms with Crippen LogP contribution in [0.25, 0.3) is 0 Å². The molecule has 0 aliphatic carbocycles. The summed E-state index contributed by atoms with van der Waals surface area (Å²) in [6, 6.07) is 2.24. The molecule has 2 nitrogen and oxygen atoms in total. The number of nitrogens with one attached hydrogen (secondary N) is 1. The molecule has 0 amide bonds. The standard InChI is InChI=1S/C4H8N2.Li.H/c1-2-6-4-3-5;;/h1,6H,3-5H2;;/q;+1;-1. The number of nitrogens with two attached hydrogens (primary N) is 1. The summed E-state index contributed by atoms with van der Waals surface area (Å²) in [6.45, 7) is 1.31. The largest absolute Gasteiger partial charge is 1.00 e. The van der Waals surface area contributed by atoms with Gasteiger partial charge in [0.25, 0.3) is 0 Å². The van der Waals surface area contributed by atoms with E-state index in [2.05, 4.69) is 11.4 Å². The smallest absolute Gasteiger partial charge is 1.00 e. The fourth-order valence-corrected chi connectivity index (χ4v) is 0.144. The first kappa shape index (κ1) is 10.0. The molecule has 0 aliphatic rings. The summed E-state index contributed by atoms with van der Waals surface area (Å²) in [5.41, 5.74) is 5.06. The molecule has 0 fully saturated rings. The third kappa shape index (κ3) is 10.7. The summed E-state index contributed by atoms with van der Waals surface area (Å²) in [6.07, 6.45) is 4.80. The minimum Gasteiger partial charge on any atom is -1.00 e. The van der Waals surface area contributed by atoms with E-state index in [1.165, 1.54) is 0 Å². The maximum atomic E-state index is 5.06. The van der Waals surface area contributed by atoms with Gasteiger partial charge in [0, 0.05) is 19.1 Å². The SMILES string of the molecule is C#CNCCN.[H-].[Li+]. The first-order valence-electron chi connectivity index (χ1n) is 1.80. The van der Waals surface area contributed by atoms with Gasteiger partial charge in [-0.05, 0) is 0 Å². The Hall–Kier alpha value is -0.0826. The van der Waals surface area contributed by atoms with Gasteiger partial charge in [0.2, 0.25) is 0 Å². The van der Waals surface area contributed by atoms with Crippen LogP contribution < -0.4 is 29.9 Å². The number of hydrogen-bond acceptors (Lipinski definition) is 2. The molecule has 0 rings (SSSR count).